The van der Waals surface area contributed by atoms with E-state index in [2.05, 4.69) is 198 Å². The number of nitrogens with one attached hydrogen (secondary N) is 1. The zero-order valence-electron chi connectivity index (χ0n) is 29.5. The molecule has 3 nitrogen and oxygen atoms in total. The second-order valence-corrected chi connectivity index (χ2v) is 13.9. The summed E-state index contributed by atoms with van der Waals surface area (Å²) >= 11 is 0. The Balaban J connectivity index is 1.03. The normalized spacial score (nSPS) is 14.1. The maximum atomic E-state index is 5.29. The van der Waals surface area contributed by atoms with Gasteiger partial charge in [0.1, 0.15) is 5.84 Å². The summed E-state index contributed by atoms with van der Waals surface area (Å²) in [5, 5.41) is 11.1. The fourth-order valence-electron chi connectivity index (χ4n) is 7.75. The van der Waals surface area contributed by atoms with Crippen LogP contribution in [0, 0.1) is 0 Å². The molecule has 0 spiro atoms. The Bertz CT molecular complexity index is 2890. The highest BCUT2D eigenvalue weighted by molar-refractivity contribution is 6.05. The van der Waals surface area contributed by atoms with E-state index in [-0.39, 0.29) is 6.04 Å². The fourth-order valence-corrected chi connectivity index (χ4v) is 7.75. The predicted molar refractivity (Wildman–Crippen MR) is 226 cm³/mol. The molecule has 0 aliphatic carbocycles. The Morgan fingerprint density at radius 3 is 1.81 bits per heavy atom. The van der Waals surface area contributed by atoms with Gasteiger partial charge in [0.05, 0.1) is 11.7 Å². The van der Waals surface area contributed by atoms with Gasteiger partial charge in [-0.2, -0.15) is 0 Å². The minimum Gasteiger partial charge on any atom is -0.359 e. The largest absolute Gasteiger partial charge is 0.359 e. The molecular formula is C51H35N3. The fraction of sp³-hybridized carbons (Fsp3) is 0.0196. The van der Waals surface area contributed by atoms with Crippen molar-refractivity contribution in [2.75, 3.05) is 0 Å². The van der Waals surface area contributed by atoms with Crippen LogP contribution in [0.2, 0.25) is 0 Å². The summed E-state index contributed by atoms with van der Waals surface area (Å²) in [6.45, 7) is 0. The molecule has 3 heteroatoms. The number of fused-ring (bicyclic) bond motifs is 3. The van der Waals surface area contributed by atoms with E-state index >= 15 is 0 Å². The first-order chi connectivity index (χ1) is 26.7. The Hall–Kier alpha value is -7.10. The first-order valence-electron chi connectivity index (χ1n) is 18.4. The van der Waals surface area contributed by atoms with E-state index in [1.165, 1.54) is 49.2 Å². The quantitative estimate of drug-likeness (QED) is 0.189. The zero-order chi connectivity index (χ0) is 35.8. The molecule has 0 amide bonds. The lowest BCUT2D eigenvalue weighted by Gasteiger charge is -2.25. The molecule has 1 aromatic heterocycles. The molecule has 1 aliphatic heterocycles. The maximum Gasteiger partial charge on any atom is 0.134 e. The van der Waals surface area contributed by atoms with Crippen LogP contribution in [-0.4, -0.2) is 10.8 Å². The van der Waals surface area contributed by atoms with Crippen molar-refractivity contribution >= 4 is 43.9 Å². The van der Waals surface area contributed by atoms with Gasteiger partial charge in [-0.1, -0.05) is 170 Å². The second kappa shape index (κ2) is 13.5. The third kappa shape index (κ3) is 5.92. The van der Waals surface area contributed by atoms with E-state index < -0.39 is 0 Å². The lowest BCUT2D eigenvalue weighted by molar-refractivity contribution is 0.781. The number of rotatable bonds is 6. The predicted octanol–water partition coefficient (Wildman–Crippen LogP) is 12.7. The molecule has 0 bridgehead atoms. The van der Waals surface area contributed by atoms with Gasteiger partial charge in [0.25, 0.3) is 0 Å². The van der Waals surface area contributed by atoms with Gasteiger partial charge < -0.3 is 5.32 Å². The highest BCUT2D eigenvalue weighted by Crippen LogP contribution is 2.34. The van der Waals surface area contributed by atoms with Crippen LogP contribution in [0.4, 0.5) is 0 Å². The van der Waals surface area contributed by atoms with Crippen LogP contribution in [0.3, 0.4) is 0 Å². The molecule has 54 heavy (non-hydrogen) atoms. The molecule has 0 fully saturated rings. The zero-order valence-corrected chi connectivity index (χ0v) is 29.5. The van der Waals surface area contributed by atoms with Gasteiger partial charge in [-0.05, 0) is 84.1 Å². The smallest absolute Gasteiger partial charge is 0.134 e. The number of amidine groups is 1. The van der Waals surface area contributed by atoms with Gasteiger partial charge >= 0.3 is 0 Å². The van der Waals surface area contributed by atoms with Gasteiger partial charge in [0.2, 0.25) is 0 Å². The highest BCUT2D eigenvalue weighted by atomic mass is 15.0. The summed E-state index contributed by atoms with van der Waals surface area (Å²) in [5.41, 5.74) is 11.2. The van der Waals surface area contributed by atoms with Crippen molar-refractivity contribution in [1.29, 1.82) is 0 Å². The van der Waals surface area contributed by atoms with E-state index in [0.29, 0.717) is 0 Å². The Morgan fingerprint density at radius 2 is 0.981 bits per heavy atom. The van der Waals surface area contributed by atoms with E-state index in [1.807, 2.05) is 12.4 Å². The summed E-state index contributed by atoms with van der Waals surface area (Å²) in [6, 6.07) is 65.0. The first-order valence-corrected chi connectivity index (χ1v) is 18.4. The van der Waals surface area contributed by atoms with Crippen molar-refractivity contribution in [3.05, 3.63) is 217 Å². The SMILES string of the molecule is C1=C(c2ccc(-c3cncc4ccccc34)cc2)N=C(c2cccc(-c3ccc4ccccc4c3)c2)NC1c1ccc(-c2cccc3ccccc23)cc1. The molecule has 254 valence electrons. The standard InChI is InChI=1S/C51H35N3/c1-2-11-40-29-42(28-19-34(40)9-1)41-14-7-15-43(30-41)51-53-49(38-24-20-36(21-25-38)46-18-8-13-35-10-3-5-16-45(35)46)31-50(54-51)39-26-22-37(23-27-39)48-33-52-32-44-12-4-6-17-47(44)48/h1-33,49H,(H,53,54). The van der Waals surface area contributed by atoms with Crippen molar-refractivity contribution in [1.82, 2.24) is 10.3 Å². The van der Waals surface area contributed by atoms with Gasteiger partial charge in [-0.25, -0.2) is 4.99 Å². The third-order valence-corrected chi connectivity index (χ3v) is 10.6. The van der Waals surface area contributed by atoms with Crippen LogP contribution < -0.4 is 5.32 Å². The summed E-state index contributed by atoms with van der Waals surface area (Å²) < 4.78 is 0. The second-order valence-electron chi connectivity index (χ2n) is 13.9. The van der Waals surface area contributed by atoms with Crippen molar-refractivity contribution in [3.63, 3.8) is 0 Å². The van der Waals surface area contributed by atoms with Crippen molar-refractivity contribution in [2.24, 2.45) is 4.99 Å². The molecule has 8 aromatic carbocycles. The number of hydrogen-bond donors (Lipinski definition) is 1. The van der Waals surface area contributed by atoms with Gasteiger partial charge in [-0.15, -0.1) is 0 Å². The number of nitrogens with zero attached hydrogens (tertiary/aromatic N) is 2. The molecule has 1 unspecified atom stereocenters. The monoisotopic (exact) mass is 689 g/mol. The van der Waals surface area contributed by atoms with Gasteiger partial charge in [-0.3, -0.25) is 4.98 Å². The minimum absolute atomic E-state index is 0.0830. The molecular weight excluding hydrogens is 655 g/mol. The van der Waals surface area contributed by atoms with Crippen LogP contribution in [0.25, 0.3) is 71.4 Å². The molecule has 1 aliphatic rings. The Labute approximate surface area is 314 Å². The van der Waals surface area contributed by atoms with Crippen molar-refractivity contribution < 1.29 is 0 Å². The lowest BCUT2D eigenvalue weighted by Crippen LogP contribution is -2.31. The number of benzene rings is 8. The van der Waals surface area contributed by atoms with E-state index in [0.717, 1.165) is 44.7 Å². The molecule has 0 saturated carbocycles. The van der Waals surface area contributed by atoms with E-state index in [9.17, 15) is 0 Å². The van der Waals surface area contributed by atoms with Crippen LogP contribution in [0.1, 0.15) is 22.7 Å². The lowest BCUT2D eigenvalue weighted by atomic mass is 9.94. The van der Waals surface area contributed by atoms with Gasteiger partial charge in [0.15, 0.2) is 0 Å². The summed E-state index contributed by atoms with van der Waals surface area (Å²) in [6.07, 6.45) is 6.13. The van der Waals surface area contributed by atoms with E-state index in [1.54, 1.807) is 0 Å². The molecule has 1 N–H and O–H groups in total. The number of hydrogen-bond acceptors (Lipinski definition) is 3. The third-order valence-electron chi connectivity index (χ3n) is 10.6. The van der Waals surface area contributed by atoms with Gasteiger partial charge in [0, 0.05) is 28.9 Å². The summed E-state index contributed by atoms with van der Waals surface area (Å²) in [5.74, 6) is 0.848. The average molecular weight is 690 g/mol. The van der Waals surface area contributed by atoms with Crippen molar-refractivity contribution in [3.8, 4) is 33.4 Å². The van der Waals surface area contributed by atoms with Crippen LogP contribution in [0.5, 0.6) is 0 Å². The molecule has 1 atom stereocenters. The molecule has 0 radical (unpaired) electrons. The van der Waals surface area contributed by atoms with Crippen LogP contribution >= 0.6 is 0 Å². The summed E-state index contributed by atoms with van der Waals surface area (Å²) in [7, 11) is 0. The van der Waals surface area contributed by atoms with Crippen LogP contribution in [-0.2, 0) is 0 Å². The number of pyridine rings is 1. The maximum absolute atomic E-state index is 5.29. The van der Waals surface area contributed by atoms with Crippen LogP contribution in [0.15, 0.2) is 205 Å². The molecule has 0 saturated heterocycles. The molecule has 10 rings (SSSR count). The topological polar surface area (TPSA) is 37.3 Å². The summed E-state index contributed by atoms with van der Waals surface area (Å²) in [4.78, 5) is 9.82. The Morgan fingerprint density at radius 1 is 0.389 bits per heavy atom. The molecule has 9 aromatic rings. The average Bonchev–Trinajstić information content (AvgIpc) is 3.26. The van der Waals surface area contributed by atoms with E-state index in [4.69, 9.17) is 4.99 Å². The Kier molecular flexibility index (Phi) is 7.88. The first kappa shape index (κ1) is 31.6. The number of aromatic nitrogens is 1. The minimum atomic E-state index is -0.0830. The highest BCUT2D eigenvalue weighted by Gasteiger charge is 2.21. The van der Waals surface area contributed by atoms with Crippen molar-refractivity contribution in [2.45, 2.75) is 6.04 Å². The molecule has 2 heterocycles. The number of aliphatic imine (C=N–C) groups is 1.